The zero-order valence-electron chi connectivity index (χ0n) is 10.9. The van der Waals surface area contributed by atoms with E-state index in [1.54, 1.807) is 0 Å². The molecule has 1 atom stereocenters. The summed E-state index contributed by atoms with van der Waals surface area (Å²) in [5, 5.41) is 11.0. The normalized spacial score (nSPS) is 23.5. The van der Waals surface area contributed by atoms with Crippen LogP contribution >= 0.6 is 11.6 Å². The van der Waals surface area contributed by atoms with E-state index in [1.807, 2.05) is 24.4 Å². The van der Waals surface area contributed by atoms with Gasteiger partial charge in [-0.2, -0.15) is 0 Å². The Morgan fingerprint density at radius 3 is 3.05 bits per heavy atom. The molecular formula is C14H16ClN3O2. The molecule has 1 aromatic carbocycles. The van der Waals surface area contributed by atoms with Crippen molar-refractivity contribution in [1.82, 2.24) is 9.88 Å². The van der Waals surface area contributed by atoms with E-state index in [1.165, 1.54) is 0 Å². The van der Waals surface area contributed by atoms with Crippen molar-refractivity contribution in [1.29, 1.82) is 0 Å². The number of nitrogens with one attached hydrogen (secondary N) is 1. The molecule has 1 aliphatic heterocycles. The van der Waals surface area contributed by atoms with Crippen molar-refractivity contribution >= 4 is 28.5 Å². The van der Waals surface area contributed by atoms with Gasteiger partial charge in [-0.15, -0.1) is 0 Å². The Bertz CT molecular complexity index is 669. The molecule has 6 heteroatoms. The molecule has 0 spiro atoms. The minimum absolute atomic E-state index is 0.378. The molecule has 0 aliphatic carbocycles. The van der Waals surface area contributed by atoms with Crippen molar-refractivity contribution in [2.75, 3.05) is 13.1 Å². The number of nitrogens with two attached hydrogens (primary N) is 1. The fourth-order valence-corrected chi connectivity index (χ4v) is 2.93. The Balaban J connectivity index is 1.79. The number of rotatable bonds is 3. The molecule has 1 aromatic heterocycles. The molecule has 0 radical (unpaired) electrons. The van der Waals surface area contributed by atoms with E-state index in [4.69, 9.17) is 22.4 Å². The number of halogens is 1. The first-order chi connectivity index (χ1) is 9.48. The molecule has 2 aromatic rings. The number of aromatic nitrogens is 1. The fourth-order valence-electron chi connectivity index (χ4n) is 2.75. The Hall–Kier alpha value is -1.56. The predicted octanol–water partition coefficient (Wildman–Crippen LogP) is 1.81. The lowest BCUT2D eigenvalue weighted by molar-refractivity contribution is -0.142. The van der Waals surface area contributed by atoms with Gasteiger partial charge in [-0.05, 0) is 24.1 Å². The fraction of sp³-hybridized carbons (Fsp3) is 0.357. The van der Waals surface area contributed by atoms with Crippen LogP contribution in [0.4, 0.5) is 0 Å². The number of hydrogen-bond donors (Lipinski definition) is 3. The molecule has 2 heterocycles. The highest BCUT2D eigenvalue weighted by Crippen LogP contribution is 2.26. The number of fused-ring (bicyclic) bond motifs is 1. The van der Waals surface area contributed by atoms with Crippen LogP contribution in [0.1, 0.15) is 12.0 Å². The third-order valence-electron chi connectivity index (χ3n) is 3.93. The number of benzene rings is 1. The van der Waals surface area contributed by atoms with Crippen LogP contribution in [0.15, 0.2) is 24.4 Å². The summed E-state index contributed by atoms with van der Waals surface area (Å²) in [6.07, 6.45) is 2.43. The number of aliphatic carboxylic acids is 1. The molecular weight excluding hydrogens is 278 g/mol. The maximum absolute atomic E-state index is 11.1. The highest BCUT2D eigenvalue weighted by atomic mass is 35.5. The van der Waals surface area contributed by atoms with Crippen LogP contribution in [0.2, 0.25) is 5.02 Å². The van der Waals surface area contributed by atoms with Crippen molar-refractivity contribution in [2.24, 2.45) is 5.73 Å². The van der Waals surface area contributed by atoms with Gasteiger partial charge < -0.3 is 15.8 Å². The number of carboxylic acids is 1. The van der Waals surface area contributed by atoms with Crippen molar-refractivity contribution in [2.45, 2.75) is 18.5 Å². The van der Waals surface area contributed by atoms with Crippen molar-refractivity contribution in [3.05, 3.63) is 35.0 Å². The number of carbonyl (C=O) groups is 1. The molecule has 1 aliphatic rings. The van der Waals surface area contributed by atoms with Crippen molar-refractivity contribution in [3.63, 3.8) is 0 Å². The number of H-pyrrole nitrogens is 1. The van der Waals surface area contributed by atoms with Gasteiger partial charge in [0, 0.05) is 41.8 Å². The topological polar surface area (TPSA) is 82.3 Å². The second-order valence-electron chi connectivity index (χ2n) is 5.43. The van der Waals surface area contributed by atoms with Gasteiger partial charge in [0.2, 0.25) is 0 Å². The molecule has 20 heavy (non-hydrogen) atoms. The lowest BCUT2D eigenvalue weighted by Crippen LogP contribution is -2.50. The van der Waals surface area contributed by atoms with E-state index in [2.05, 4.69) is 9.88 Å². The number of aromatic amines is 1. The van der Waals surface area contributed by atoms with Crippen LogP contribution < -0.4 is 5.73 Å². The molecule has 1 unspecified atom stereocenters. The summed E-state index contributed by atoms with van der Waals surface area (Å²) >= 11 is 5.96. The Labute approximate surface area is 121 Å². The molecule has 0 amide bonds. The van der Waals surface area contributed by atoms with Crippen LogP contribution in [0.5, 0.6) is 0 Å². The van der Waals surface area contributed by atoms with Gasteiger partial charge >= 0.3 is 5.97 Å². The first kappa shape index (κ1) is 13.4. The summed E-state index contributed by atoms with van der Waals surface area (Å²) < 4.78 is 0. The van der Waals surface area contributed by atoms with Gasteiger partial charge in [0.25, 0.3) is 0 Å². The molecule has 5 nitrogen and oxygen atoms in total. The van der Waals surface area contributed by atoms with Gasteiger partial charge in [0.15, 0.2) is 0 Å². The zero-order chi connectivity index (χ0) is 14.3. The van der Waals surface area contributed by atoms with Crippen LogP contribution in [0.25, 0.3) is 10.9 Å². The first-order valence-electron chi connectivity index (χ1n) is 6.48. The highest BCUT2D eigenvalue weighted by Gasteiger charge is 2.41. The van der Waals surface area contributed by atoms with E-state index in [0.29, 0.717) is 31.1 Å². The monoisotopic (exact) mass is 293 g/mol. The first-order valence-corrected chi connectivity index (χ1v) is 6.86. The van der Waals surface area contributed by atoms with Gasteiger partial charge in [-0.25, -0.2) is 0 Å². The summed E-state index contributed by atoms with van der Waals surface area (Å²) in [7, 11) is 0. The maximum atomic E-state index is 11.1. The summed E-state index contributed by atoms with van der Waals surface area (Å²) in [5.41, 5.74) is 6.89. The third-order valence-corrected chi connectivity index (χ3v) is 4.16. The number of carboxylic acid groups (broad SMARTS) is 1. The summed E-state index contributed by atoms with van der Waals surface area (Å²) in [6, 6.07) is 5.72. The van der Waals surface area contributed by atoms with E-state index in [0.717, 1.165) is 16.5 Å². The molecule has 1 saturated heterocycles. The van der Waals surface area contributed by atoms with E-state index >= 15 is 0 Å². The second kappa shape index (κ2) is 4.77. The lowest BCUT2D eigenvalue weighted by Gasteiger charge is -2.19. The molecule has 1 fully saturated rings. The van der Waals surface area contributed by atoms with E-state index in [9.17, 15) is 4.79 Å². The quantitative estimate of drug-likeness (QED) is 0.806. The van der Waals surface area contributed by atoms with Gasteiger partial charge in [0.05, 0.1) is 0 Å². The minimum Gasteiger partial charge on any atom is -0.480 e. The molecule has 106 valence electrons. The number of hydrogen-bond acceptors (Lipinski definition) is 3. The molecule has 3 rings (SSSR count). The number of likely N-dealkylation sites (tertiary alicyclic amines) is 1. The molecule has 4 N–H and O–H groups in total. The van der Waals surface area contributed by atoms with Crippen molar-refractivity contribution in [3.8, 4) is 0 Å². The third kappa shape index (κ3) is 2.28. The Morgan fingerprint density at radius 2 is 2.35 bits per heavy atom. The predicted molar refractivity (Wildman–Crippen MR) is 77.8 cm³/mol. The lowest BCUT2D eigenvalue weighted by atomic mass is 10.0. The zero-order valence-corrected chi connectivity index (χ0v) is 11.7. The largest absolute Gasteiger partial charge is 0.480 e. The summed E-state index contributed by atoms with van der Waals surface area (Å²) in [5.74, 6) is -0.925. The average Bonchev–Trinajstić information content (AvgIpc) is 2.95. The highest BCUT2D eigenvalue weighted by molar-refractivity contribution is 6.31. The number of nitrogens with zero attached hydrogens (tertiary/aromatic N) is 1. The Morgan fingerprint density at radius 1 is 1.55 bits per heavy atom. The SMILES string of the molecule is NC1(C(=O)O)CCN(Cc2c[nH]c3cc(Cl)ccc23)C1. The summed E-state index contributed by atoms with van der Waals surface area (Å²) in [6.45, 7) is 1.76. The summed E-state index contributed by atoms with van der Waals surface area (Å²) in [4.78, 5) is 16.4. The minimum atomic E-state index is -1.12. The van der Waals surface area contributed by atoms with Crippen LogP contribution in [0.3, 0.4) is 0 Å². The van der Waals surface area contributed by atoms with Crippen LogP contribution in [-0.2, 0) is 11.3 Å². The van der Waals surface area contributed by atoms with Crippen LogP contribution in [-0.4, -0.2) is 39.6 Å². The van der Waals surface area contributed by atoms with Crippen LogP contribution in [0, 0.1) is 0 Å². The van der Waals surface area contributed by atoms with Gasteiger partial charge in [-0.1, -0.05) is 17.7 Å². The van der Waals surface area contributed by atoms with E-state index < -0.39 is 11.5 Å². The van der Waals surface area contributed by atoms with Gasteiger partial charge in [0.1, 0.15) is 5.54 Å². The Kier molecular flexibility index (Phi) is 3.20. The van der Waals surface area contributed by atoms with Gasteiger partial charge in [-0.3, -0.25) is 9.69 Å². The average molecular weight is 294 g/mol. The smallest absolute Gasteiger partial charge is 0.325 e. The standard InChI is InChI=1S/C14H16ClN3O2/c15-10-1-2-11-9(6-17-12(11)5-10)7-18-4-3-14(16,8-18)13(19)20/h1-2,5-6,17H,3-4,7-8,16H2,(H,19,20). The molecule has 0 saturated carbocycles. The second-order valence-corrected chi connectivity index (χ2v) is 5.86. The molecule has 0 bridgehead atoms. The van der Waals surface area contributed by atoms with E-state index in [-0.39, 0.29) is 0 Å². The maximum Gasteiger partial charge on any atom is 0.325 e. The van der Waals surface area contributed by atoms with Crippen molar-refractivity contribution < 1.29 is 9.90 Å².